The highest BCUT2D eigenvalue weighted by atomic mass is 32.2. The molecule has 2 atom stereocenters. The van der Waals surface area contributed by atoms with Crippen molar-refractivity contribution in [1.82, 2.24) is 9.62 Å². The topological polar surface area (TPSA) is 145 Å². The number of nitrogens with one attached hydrogen (secondary N) is 1. The zero-order valence-corrected chi connectivity index (χ0v) is 34.6. The number of para-hydroxylation sites is 1. The van der Waals surface area contributed by atoms with Gasteiger partial charge in [0.25, 0.3) is 8.38 Å². The van der Waals surface area contributed by atoms with E-state index in [-0.39, 0.29) is 13.0 Å². The van der Waals surface area contributed by atoms with E-state index in [4.69, 9.17) is 38.2 Å². The summed E-state index contributed by atoms with van der Waals surface area (Å²) in [6.45, 7) is 16.3. The lowest BCUT2D eigenvalue weighted by molar-refractivity contribution is -0.150. The molecular formula is C40H61N2O10PS. The molecule has 1 heterocycles. The number of esters is 1. The van der Waals surface area contributed by atoms with Gasteiger partial charge >= 0.3 is 12.1 Å². The van der Waals surface area contributed by atoms with Crippen molar-refractivity contribution >= 4 is 32.4 Å². The number of amides is 1. The molecule has 1 saturated heterocycles. The first-order valence-electron chi connectivity index (χ1n) is 18.3. The number of carbonyl (C=O) groups excluding carboxylic acids is 1. The molecule has 2 unspecified atom stereocenters. The van der Waals surface area contributed by atoms with Gasteiger partial charge in [0.05, 0.1) is 13.7 Å². The Morgan fingerprint density at radius 3 is 2.06 bits per heavy atom. The van der Waals surface area contributed by atoms with Crippen molar-refractivity contribution in [1.29, 1.82) is 0 Å². The van der Waals surface area contributed by atoms with Crippen LogP contribution in [0.3, 0.4) is 0 Å². The maximum atomic E-state index is 11.8. The van der Waals surface area contributed by atoms with Gasteiger partial charge in [-0.2, -0.15) is 0 Å². The molecule has 302 valence electrons. The number of hydrogen-bond acceptors (Lipinski definition) is 11. The Morgan fingerprint density at radius 1 is 0.926 bits per heavy atom. The highest BCUT2D eigenvalue weighted by Gasteiger charge is 2.24. The average molecular weight is 793 g/mol. The van der Waals surface area contributed by atoms with E-state index in [1.165, 1.54) is 12.8 Å². The van der Waals surface area contributed by atoms with Crippen LogP contribution in [0.5, 0.6) is 17.2 Å². The summed E-state index contributed by atoms with van der Waals surface area (Å²) in [5.41, 5.74) is 1.15. The average Bonchev–Trinajstić information content (AvgIpc) is 3.75. The molecule has 12 nitrogen and oxygen atoms in total. The van der Waals surface area contributed by atoms with Crippen molar-refractivity contribution in [3.8, 4) is 17.2 Å². The van der Waals surface area contributed by atoms with Crippen LogP contribution >= 0.6 is 20.3 Å². The molecular weight excluding hydrogens is 731 g/mol. The first kappa shape index (κ1) is 48.4. The molecule has 0 bridgehead atoms. The van der Waals surface area contributed by atoms with Gasteiger partial charge in [-0.05, 0) is 113 Å². The van der Waals surface area contributed by atoms with E-state index in [2.05, 4.69) is 23.5 Å². The molecule has 54 heavy (non-hydrogen) atoms. The van der Waals surface area contributed by atoms with E-state index >= 15 is 0 Å². The van der Waals surface area contributed by atoms with Crippen molar-refractivity contribution in [3.05, 3.63) is 84.4 Å². The summed E-state index contributed by atoms with van der Waals surface area (Å²) < 4.78 is 34.7. The number of aliphatic hydroxyl groups excluding tert-OH is 1. The highest BCUT2D eigenvalue weighted by molar-refractivity contribution is 7.97. The molecule has 1 fully saturated rings. The van der Waals surface area contributed by atoms with E-state index in [1.807, 2.05) is 85.8 Å². The van der Waals surface area contributed by atoms with E-state index in [9.17, 15) is 9.59 Å². The molecule has 4 rings (SSSR count). The summed E-state index contributed by atoms with van der Waals surface area (Å²) in [5.74, 6) is 2.38. The fourth-order valence-electron chi connectivity index (χ4n) is 4.25. The van der Waals surface area contributed by atoms with E-state index in [0.29, 0.717) is 24.8 Å². The van der Waals surface area contributed by atoms with Gasteiger partial charge in [0.15, 0.2) is 12.5 Å². The van der Waals surface area contributed by atoms with E-state index < -0.39 is 26.5 Å². The number of aryl methyl sites for hydroxylation is 1. The third-order valence-electron chi connectivity index (χ3n) is 6.75. The summed E-state index contributed by atoms with van der Waals surface area (Å²) in [4.78, 5) is 23.4. The van der Waals surface area contributed by atoms with Gasteiger partial charge in [0, 0.05) is 44.4 Å². The number of nitrogens with zero attached hydrogens (tertiary/aromatic N) is 1. The summed E-state index contributed by atoms with van der Waals surface area (Å²) in [6, 6.07) is 25.0. The van der Waals surface area contributed by atoms with Crippen LogP contribution in [0.4, 0.5) is 4.79 Å². The Balaban J connectivity index is 0.000000452. The third kappa shape index (κ3) is 24.7. The minimum Gasteiger partial charge on any atom is -0.497 e. The second-order valence-electron chi connectivity index (χ2n) is 12.1. The Labute approximate surface area is 327 Å². The predicted octanol–water partition coefficient (Wildman–Crippen LogP) is 8.80. The van der Waals surface area contributed by atoms with Gasteiger partial charge < -0.3 is 43.5 Å². The third-order valence-corrected chi connectivity index (χ3v) is 9.13. The van der Waals surface area contributed by atoms with Crippen LogP contribution in [-0.4, -0.2) is 92.2 Å². The molecule has 14 heteroatoms. The molecule has 3 aromatic rings. The number of benzene rings is 3. The van der Waals surface area contributed by atoms with E-state index in [1.54, 1.807) is 39.8 Å². The number of carbonyl (C=O) groups is 2. The van der Waals surface area contributed by atoms with Crippen LogP contribution in [0.15, 0.2) is 83.8 Å². The lowest BCUT2D eigenvalue weighted by Gasteiger charge is -2.23. The number of ether oxygens (including phenoxy) is 4. The summed E-state index contributed by atoms with van der Waals surface area (Å²) in [5, 5.41) is 18.5. The Morgan fingerprint density at radius 2 is 1.54 bits per heavy atom. The number of carboxylic acid groups (broad SMARTS) is 1. The second kappa shape index (κ2) is 30.7. The standard InChI is InChI=1S/C19H23O5P.C15H24N2O3S.C4H8O.C2H6O/c1-4-21-19(20)16(3)23-25(24-18-8-6-5-7-9-18)14-22-17-12-10-15(2)11-13-17;1-12(2)11-17(10-4-9-16-15(18)19)21-14-7-5-13(20-3)6-8-14;1-2-4-5-3-1;1-2-3/h5-13,16H,4,14H2,1-3H3;5-8,12,16H,4,9-11H2,1-3H3,(H,18,19);1-4H2;3H,2H2,1H3. The van der Waals surface area contributed by atoms with Crippen LogP contribution in [0.25, 0.3) is 0 Å². The summed E-state index contributed by atoms with van der Waals surface area (Å²) >= 11 is 1.70. The maximum Gasteiger partial charge on any atom is 0.404 e. The van der Waals surface area contributed by atoms with Crippen molar-refractivity contribution < 1.29 is 47.8 Å². The fraction of sp³-hybridized carbons (Fsp3) is 0.500. The van der Waals surface area contributed by atoms with Crippen molar-refractivity contribution in [3.63, 3.8) is 0 Å². The maximum absolute atomic E-state index is 11.8. The zero-order valence-electron chi connectivity index (χ0n) is 32.9. The van der Waals surface area contributed by atoms with Crippen molar-refractivity contribution in [2.24, 2.45) is 5.92 Å². The molecule has 0 aromatic heterocycles. The lowest BCUT2D eigenvalue weighted by atomic mass is 10.2. The monoisotopic (exact) mass is 792 g/mol. The first-order chi connectivity index (χ1) is 26.0. The Kier molecular flexibility index (Phi) is 27.6. The second-order valence-corrected chi connectivity index (χ2v) is 14.6. The molecule has 0 radical (unpaired) electrons. The van der Waals surface area contributed by atoms with Crippen LogP contribution < -0.4 is 19.3 Å². The van der Waals surface area contributed by atoms with Crippen molar-refractivity contribution in [2.45, 2.75) is 71.8 Å². The van der Waals surface area contributed by atoms with Crippen LogP contribution in [0.1, 0.15) is 59.4 Å². The highest BCUT2D eigenvalue weighted by Crippen LogP contribution is 2.41. The van der Waals surface area contributed by atoms with Crippen LogP contribution in [0, 0.1) is 12.8 Å². The summed E-state index contributed by atoms with van der Waals surface area (Å²) in [6.07, 6.45) is 1.86. The normalized spacial score (nSPS) is 12.8. The minimum absolute atomic E-state index is 0.205. The summed E-state index contributed by atoms with van der Waals surface area (Å²) in [7, 11) is 0.181. The SMILES string of the molecule is C1CCOC1.CCO.CCOC(=O)C(C)OP(COc1ccc(C)cc1)Oc1ccccc1.COc1ccc(SN(CCCNC(=O)O)CC(C)C)cc1. The number of hydrogen-bond donors (Lipinski definition) is 3. The predicted molar refractivity (Wildman–Crippen MR) is 217 cm³/mol. The first-order valence-corrected chi connectivity index (χ1v) is 20.4. The number of aliphatic hydroxyl groups is 1. The van der Waals surface area contributed by atoms with Gasteiger partial charge in [-0.15, -0.1) is 0 Å². The van der Waals surface area contributed by atoms with Gasteiger partial charge in [0.2, 0.25) is 0 Å². The fourth-order valence-corrected chi connectivity index (χ4v) is 6.60. The Hall–Kier alpha value is -3.58. The molecule has 1 aliphatic rings. The van der Waals surface area contributed by atoms with Gasteiger partial charge in [-0.25, -0.2) is 13.9 Å². The molecule has 1 amide bonds. The van der Waals surface area contributed by atoms with Crippen LogP contribution in [0.2, 0.25) is 0 Å². The van der Waals surface area contributed by atoms with E-state index in [0.717, 1.165) is 54.7 Å². The quantitative estimate of drug-likeness (QED) is 0.0490. The van der Waals surface area contributed by atoms with Gasteiger partial charge in [-0.1, -0.05) is 49.7 Å². The molecule has 0 saturated carbocycles. The lowest BCUT2D eigenvalue weighted by Crippen LogP contribution is -2.27. The van der Waals surface area contributed by atoms with Gasteiger partial charge in [-0.3, -0.25) is 0 Å². The minimum atomic E-state index is -1.47. The molecule has 3 N–H and O–H groups in total. The number of rotatable bonds is 18. The zero-order chi connectivity index (χ0) is 40.0. The van der Waals surface area contributed by atoms with Crippen molar-refractivity contribution in [2.75, 3.05) is 59.5 Å². The molecule has 0 spiro atoms. The van der Waals surface area contributed by atoms with Gasteiger partial charge in [0.1, 0.15) is 17.2 Å². The largest absolute Gasteiger partial charge is 0.497 e. The molecule has 3 aromatic carbocycles. The smallest absolute Gasteiger partial charge is 0.404 e. The Bertz CT molecular complexity index is 1360. The number of methoxy groups -OCH3 is 1. The molecule has 1 aliphatic heterocycles. The molecule has 0 aliphatic carbocycles. The van der Waals surface area contributed by atoms with Crippen LogP contribution in [-0.2, 0) is 18.8 Å².